The van der Waals surface area contributed by atoms with Gasteiger partial charge in [-0.05, 0) is 32.7 Å². The summed E-state index contributed by atoms with van der Waals surface area (Å²) in [6, 6.07) is 1.16. The summed E-state index contributed by atoms with van der Waals surface area (Å²) in [6.45, 7) is 1.92. The molecule has 1 heterocycles. The molecular formula is C12H20ClN3O4S. The van der Waals surface area contributed by atoms with Crippen molar-refractivity contribution in [3.8, 4) is 0 Å². The van der Waals surface area contributed by atoms with Crippen LogP contribution in [0.1, 0.15) is 29.0 Å². The zero-order valence-electron chi connectivity index (χ0n) is 11.9. The normalized spacial score (nSPS) is 16.1. The zero-order valence-corrected chi connectivity index (χ0v) is 13.5. The second kappa shape index (κ2) is 6.78. The van der Waals surface area contributed by atoms with Gasteiger partial charge in [-0.1, -0.05) is 0 Å². The standard InChI is InChI=1S/C12H19N3O4S.ClH/c1-7-9(5-11(19-7)20(17,18)14-2)12(16)15-10(6-13)8-3-4-8;/h5,8,10,14H,3-4,6,13H2,1-2H3,(H,15,16);1H. The highest BCUT2D eigenvalue weighted by Gasteiger charge is 2.32. The summed E-state index contributed by atoms with van der Waals surface area (Å²) in [5.41, 5.74) is 5.85. The number of hydrogen-bond donors (Lipinski definition) is 3. The number of furan rings is 1. The molecule has 9 heteroatoms. The van der Waals surface area contributed by atoms with Crippen LogP contribution >= 0.6 is 12.4 Å². The molecule has 4 N–H and O–H groups in total. The minimum Gasteiger partial charge on any atom is -0.448 e. The second-order valence-corrected chi connectivity index (χ2v) is 6.71. The molecular weight excluding hydrogens is 318 g/mol. The van der Waals surface area contributed by atoms with Gasteiger partial charge in [0, 0.05) is 18.7 Å². The van der Waals surface area contributed by atoms with E-state index in [1.807, 2.05) is 0 Å². The molecule has 1 aromatic rings. The molecule has 21 heavy (non-hydrogen) atoms. The van der Waals surface area contributed by atoms with Crippen LogP contribution in [-0.2, 0) is 10.0 Å². The van der Waals surface area contributed by atoms with Crippen molar-refractivity contribution in [1.29, 1.82) is 0 Å². The molecule has 2 rings (SSSR count). The maximum Gasteiger partial charge on any atom is 0.273 e. The summed E-state index contributed by atoms with van der Waals surface area (Å²) < 4.78 is 30.5. The highest BCUT2D eigenvalue weighted by molar-refractivity contribution is 7.89. The zero-order chi connectivity index (χ0) is 14.9. The van der Waals surface area contributed by atoms with Gasteiger partial charge in [0.15, 0.2) is 0 Å². The first-order chi connectivity index (χ1) is 9.39. The number of carbonyl (C=O) groups excluding carboxylic acids is 1. The number of sulfonamides is 1. The van der Waals surface area contributed by atoms with E-state index in [2.05, 4.69) is 10.0 Å². The van der Waals surface area contributed by atoms with Gasteiger partial charge in [0.2, 0.25) is 5.09 Å². The van der Waals surface area contributed by atoms with Gasteiger partial charge in [0.1, 0.15) is 5.76 Å². The minimum absolute atomic E-state index is 0. The predicted octanol–water partition coefficient (Wildman–Crippen LogP) is 0.385. The molecule has 1 atom stereocenters. The highest BCUT2D eigenvalue weighted by Crippen LogP contribution is 2.32. The van der Waals surface area contributed by atoms with Crippen molar-refractivity contribution in [3.63, 3.8) is 0 Å². The van der Waals surface area contributed by atoms with E-state index in [9.17, 15) is 13.2 Å². The molecule has 1 unspecified atom stereocenters. The average Bonchev–Trinajstić information content (AvgIpc) is 3.17. The number of hydrogen-bond acceptors (Lipinski definition) is 5. The summed E-state index contributed by atoms with van der Waals surface area (Å²) in [6.07, 6.45) is 2.12. The Kier molecular flexibility index (Phi) is 5.80. The van der Waals surface area contributed by atoms with Crippen molar-refractivity contribution >= 4 is 28.3 Å². The molecule has 0 saturated heterocycles. The lowest BCUT2D eigenvalue weighted by molar-refractivity contribution is 0.0932. The first-order valence-corrected chi connectivity index (χ1v) is 7.92. The maximum atomic E-state index is 12.2. The van der Waals surface area contributed by atoms with Crippen molar-refractivity contribution in [1.82, 2.24) is 10.0 Å². The van der Waals surface area contributed by atoms with E-state index in [1.165, 1.54) is 13.1 Å². The van der Waals surface area contributed by atoms with Gasteiger partial charge in [0.25, 0.3) is 15.9 Å². The molecule has 1 aliphatic carbocycles. The third kappa shape index (κ3) is 3.97. The Balaban J connectivity index is 0.00000220. The molecule has 0 spiro atoms. The number of carbonyl (C=O) groups is 1. The predicted molar refractivity (Wildman–Crippen MR) is 80.0 cm³/mol. The highest BCUT2D eigenvalue weighted by atomic mass is 35.5. The molecule has 7 nitrogen and oxygen atoms in total. The van der Waals surface area contributed by atoms with Crippen LogP contribution in [0, 0.1) is 12.8 Å². The van der Waals surface area contributed by atoms with Crippen LogP contribution in [0.2, 0.25) is 0 Å². The minimum atomic E-state index is -3.69. The molecule has 1 aliphatic rings. The Bertz CT molecular complexity index is 610. The summed E-state index contributed by atoms with van der Waals surface area (Å²) in [4.78, 5) is 12.2. The van der Waals surface area contributed by atoms with Crippen molar-refractivity contribution in [2.75, 3.05) is 13.6 Å². The van der Waals surface area contributed by atoms with E-state index >= 15 is 0 Å². The fraction of sp³-hybridized carbons (Fsp3) is 0.583. The molecule has 1 fully saturated rings. The second-order valence-electron chi connectivity index (χ2n) is 4.90. The molecule has 0 bridgehead atoms. The number of aryl methyl sites for hydroxylation is 1. The summed E-state index contributed by atoms with van der Waals surface area (Å²) in [5.74, 6) is 0.339. The average molecular weight is 338 g/mol. The van der Waals surface area contributed by atoms with Crippen molar-refractivity contribution in [2.24, 2.45) is 11.7 Å². The van der Waals surface area contributed by atoms with E-state index in [0.29, 0.717) is 12.5 Å². The lowest BCUT2D eigenvalue weighted by Crippen LogP contribution is -2.41. The number of amides is 1. The largest absolute Gasteiger partial charge is 0.448 e. The van der Waals surface area contributed by atoms with Gasteiger partial charge in [-0.2, -0.15) is 0 Å². The molecule has 0 radical (unpaired) electrons. The molecule has 0 aliphatic heterocycles. The third-order valence-corrected chi connectivity index (χ3v) is 4.70. The Hall–Kier alpha value is -1.09. The smallest absolute Gasteiger partial charge is 0.273 e. The van der Waals surface area contributed by atoms with Gasteiger partial charge < -0.3 is 15.5 Å². The monoisotopic (exact) mass is 337 g/mol. The number of nitrogens with one attached hydrogen (secondary N) is 2. The first-order valence-electron chi connectivity index (χ1n) is 6.44. The van der Waals surface area contributed by atoms with E-state index in [-0.39, 0.29) is 40.8 Å². The molecule has 0 aromatic carbocycles. The van der Waals surface area contributed by atoms with E-state index in [1.54, 1.807) is 6.92 Å². The summed E-state index contributed by atoms with van der Waals surface area (Å²) in [5, 5.41) is 2.56. The van der Waals surface area contributed by atoms with E-state index < -0.39 is 10.0 Å². The van der Waals surface area contributed by atoms with E-state index in [4.69, 9.17) is 10.2 Å². The Morgan fingerprint density at radius 2 is 2.14 bits per heavy atom. The van der Waals surface area contributed by atoms with Gasteiger partial charge in [-0.15, -0.1) is 12.4 Å². The van der Waals surface area contributed by atoms with Crippen molar-refractivity contribution in [3.05, 3.63) is 17.4 Å². The number of halogens is 1. The third-order valence-electron chi connectivity index (χ3n) is 3.43. The first kappa shape index (κ1) is 18.0. The van der Waals surface area contributed by atoms with Crippen LogP contribution in [0.15, 0.2) is 15.6 Å². The lowest BCUT2D eigenvalue weighted by atomic mass is 10.1. The van der Waals surface area contributed by atoms with Gasteiger partial charge >= 0.3 is 0 Å². The molecule has 120 valence electrons. The van der Waals surface area contributed by atoms with Crippen LogP contribution < -0.4 is 15.8 Å². The fourth-order valence-electron chi connectivity index (χ4n) is 2.03. The van der Waals surface area contributed by atoms with Crippen molar-refractivity contribution in [2.45, 2.75) is 30.9 Å². The Morgan fingerprint density at radius 1 is 1.52 bits per heavy atom. The quantitative estimate of drug-likeness (QED) is 0.694. The Labute approximate surface area is 130 Å². The Morgan fingerprint density at radius 3 is 2.62 bits per heavy atom. The van der Waals surface area contributed by atoms with Crippen LogP contribution in [-0.4, -0.2) is 34.0 Å². The summed E-state index contributed by atoms with van der Waals surface area (Å²) >= 11 is 0. The molecule has 1 saturated carbocycles. The lowest BCUT2D eigenvalue weighted by Gasteiger charge is -2.15. The van der Waals surface area contributed by atoms with Crippen LogP contribution in [0.3, 0.4) is 0 Å². The van der Waals surface area contributed by atoms with Crippen LogP contribution in [0.25, 0.3) is 0 Å². The maximum absolute atomic E-state index is 12.2. The van der Waals surface area contributed by atoms with Gasteiger partial charge in [-0.3, -0.25) is 4.79 Å². The van der Waals surface area contributed by atoms with Crippen molar-refractivity contribution < 1.29 is 17.6 Å². The van der Waals surface area contributed by atoms with Gasteiger partial charge in [0.05, 0.1) is 5.56 Å². The molecule has 1 amide bonds. The fourth-order valence-corrected chi connectivity index (χ4v) is 2.74. The van der Waals surface area contributed by atoms with Gasteiger partial charge in [-0.25, -0.2) is 13.1 Å². The number of nitrogens with two attached hydrogens (primary N) is 1. The van der Waals surface area contributed by atoms with E-state index in [0.717, 1.165) is 12.8 Å². The van der Waals surface area contributed by atoms with Crippen LogP contribution in [0.5, 0.6) is 0 Å². The van der Waals surface area contributed by atoms with Crippen LogP contribution in [0.4, 0.5) is 0 Å². The summed E-state index contributed by atoms with van der Waals surface area (Å²) in [7, 11) is -2.41. The topological polar surface area (TPSA) is 114 Å². The SMILES string of the molecule is CNS(=O)(=O)c1cc(C(=O)NC(CN)C2CC2)c(C)o1.Cl. The molecule has 1 aromatic heterocycles. The number of rotatable bonds is 6.